The minimum absolute atomic E-state index is 0.0723. The molecule has 2 saturated heterocycles. The largest absolute Gasteiger partial charge is 0.423 e. The summed E-state index contributed by atoms with van der Waals surface area (Å²) in [7, 11) is 0. The number of aromatic nitrogens is 2. The Hall–Kier alpha value is -2.29. The van der Waals surface area contributed by atoms with Gasteiger partial charge in [-0.3, -0.25) is 9.69 Å². The van der Waals surface area contributed by atoms with Crippen LogP contribution in [0.3, 0.4) is 0 Å². The van der Waals surface area contributed by atoms with Crippen LogP contribution in [0, 0.1) is 6.92 Å². The summed E-state index contributed by atoms with van der Waals surface area (Å²) in [6, 6.07) is 7.86. The third-order valence-electron chi connectivity index (χ3n) is 4.87. The molecule has 2 fully saturated rings. The number of aryl methyl sites for hydroxylation is 1. The van der Waals surface area contributed by atoms with Crippen LogP contribution in [0.4, 0.5) is 0 Å². The summed E-state index contributed by atoms with van der Waals surface area (Å²) in [5.41, 5.74) is 1.89. The van der Waals surface area contributed by atoms with Crippen molar-refractivity contribution in [2.24, 2.45) is 0 Å². The molecule has 4 rings (SSSR count). The lowest BCUT2D eigenvalue weighted by Gasteiger charge is -2.31. The molecule has 0 spiro atoms. The molecule has 0 N–H and O–H groups in total. The average molecular weight is 372 g/mol. The molecule has 8 heteroatoms. The van der Waals surface area contributed by atoms with Crippen LogP contribution < -0.4 is 0 Å². The van der Waals surface area contributed by atoms with E-state index in [1.165, 1.54) is 0 Å². The van der Waals surface area contributed by atoms with Crippen molar-refractivity contribution in [3.05, 3.63) is 47.2 Å². The third-order valence-corrected chi connectivity index (χ3v) is 4.87. The zero-order chi connectivity index (χ0) is 18.6. The van der Waals surface area contributed by atoms with Gasteiger partial charge in [0, 0.05) is 45.2 Å². The highest BCUT2D eigenvalue weighted by molar-refractivity contribution is 5.94. The lowest BCUT2D eigenvalue weighted by Crippen LogP contribution is -2.40. The lowest BCUT2D eigenvalue weighted by molar-refractivity contribution is -0.0457. The van der Waals surface area contributed by atoms with Crippen molar-refractivity contribution in [2.45, 2.75) is 19.6 Å². The first-order valence-electron chi connectivity index (χ1n) is 9.29. The maximum absolute atomic E-state index is 12.5. The topological polar surface area (TPSA) is 80.9 Å². The molecule has 2 aliphatic rings. The highest BCUT2D eigenvalue weighted by atomic mass is 16.5. The zero-order valence-electron chi connectivity index (χ0n) is 15.5. The maximum Gasteiger partial charge on any atom is 0.254 e. The molecular formula is C19H24N4O4. The van der Waals surface area contributed by atoms with E-state index in [0.717, 1.165) is 24.2 Å². The molecule has 2 aliphatic heterocycles. The first-order chi connectivity index (χ1) is 13.2. The fraction of sp³-hybridized carbons (Fsp3) is 0.526. The van der Waals surface area contributed by atoms with Crippen LogP contribution in [0.15, 0.2) is 28.7 Å². The number of carbonyl (C=O) groups is 1. The van der Waals surface area contributed by atoms with E-state index in [0.29, 0.717) is 51.2 Å². The Balaban J connectivity index is 1.35. The van der Waals surface area contributed by atoms with Gasteiger partial charge in [0.05, 0.1) is 19.8 Å². The quantitative estimate of drug-likeness (QED) is 0.803. The molecule has 1 unspecified atom stereocenters. The van der Waals surface area contributed by atoms with Crippen LogP contribution in [0.1, 0.15) is 33.8 Å². The van der Waals surface area contributed by atoms with Crippen LogP contribution in [0.2, 0.25) is 0 Å². The van der Waals surface area contributed by atoms with Crippen molar-refractivity contribution in [1.29, 1.82) is 0 Å². The molecule has 8 nitrogen and oxygen atoms in total. The average Bonchev–Trinajstić information content (AvgIpc) is 3.15. The summed E-state index contributed by atoms with van der Waals surface area (Å²) in [6.45, 7) is 7.28. The summed E-state index contributed by atoms with van der Waals surface area (Å²) in [5.74, 6) is 1.15. The number of hydrogen-bond acceptors (Lipinski definition) is 7. The minimum Gasteiger partial charge on any atom is -0.423 e. The van der Waals surface area contributed by atoms with E-state index in [-0.39, 0.29) is 12.0 Å². The number of amides is 1. The van der Waals surface area contributed by atoms with Gasteiger partial charge in [0.2, 0.25) is 11.8 Å². The number of hydrogen-bond donors (Lipinski definition) is 0. The molecular weight excluding hydrogens is 348 g/mol. The second-order valence-corrected chi connectivity index (χ2v) is 6.86. The van der Waals surface area contributed by atoms with Crippen molar-refractivity contribution < 1.29 is 18.7 Å². The molecule has 1 amide bonds. The molecule has 3 heterocycles. The second kappa shape index (κ2) is 8.16. The smallest absolute Gasteiger partial charge is 0.254 e. The number of morpholine rings is 2. The Morgan fingerprint density at radius 2 is 1.89 bits per heavy atom. The first-order valence-corrected chi connectivity index (χ1v) is 9.29. The zero-order valence-corrected chi connectivity index (χ0v) is 15.5. The van der Waals surface area contributed by atoms with Gasteiger partial charge in [-0.2, -0.15) is 0 Å². The van der Waals surface area contributed by atoms with Crippen LogP contribution >= 0.6 is 0 Å². The SMILES string of the molecule is Cc1nnc(C2CN(Cc3ccc(C(=O)N4CCOCC4)cc3)CCO2)o1. The van der Waals surface area contributed by atoms with Gasteiger partial charge in [0.25, 0.3) is 5.91 Å². The second-order valence-electron chi connectivity index (χ2n) is 6.86. The Morgan fingerprint density at radius 3 is 2.59 bits per heavy atom. The van der Waals surface area contributed by atoms with E-state index >= 15 is 0 Å². The van der Waals surface area contributed by atoms with Crippen LogP contribution in [0.25, 0.3) is 0 Å². The molecule has 27 heavy (non-hydrogen) atoms. The third kappa shape index (κ3) is 4.35. The predicted molar refractivity (Wildman–Crippen MR) is 96.2 cm³/mol. The summed E-state index contributed by atoms with van der Waals surface area (Å²) in [6.07, 6.45) is -0.192. The van der Waals surface area contributed by atoms with Gasteiger partial charge in [-0.05, 0) is 17.7 Å². The van der Waals surface area contributed by atoms with E-state index in [2.05, 4.69) is 15.1 Å². The molecule has 0 radical (unpaired) electrons. The van der Waals surface area contributed by atoms with E-state index in [4.69, 9.17) is 13.9 Å². The molecule has 0 bridgehead atoms. The standard InChI is InChI=1S/C19H24N4O4/c1-14-20-21-18(27-14)17-13-22(6-11-26-17)12-15-2-4-16(5-3-15)19(24)23-7-9-25-10-8-23/h2-5,17H,6-13H2,1H3. The highest BCUT2D eigenvalue weighted by Gasteiger charge is 2.26. The van der Waals surface area contributed by atoms with E-state index in [1.807, 2.05) is 29.2 Å². The van der Waals surface area contributed by atoms with Gasteiger partial charge in [-0.25, -0.2) is 0 Å². The van der Waals surface area contributed by atoms with E-state index < -0.39 is 0 Å². The minimum atomic E-state index is -0.192. The van der Waals surface area contributed by atoms with Crippen LogP contribution in [-0.2, 0) is 16.0 Å². The lowest BCUT2D eigenvalue weighted by atomic mass is 10.1. The van der Waals surface area contributed by atoms with E-state index in [1.54, 1.807) is 6.92 Å². The van der Waals surface area contributed by atoms with Crippen molar-refractivity contribution in [3.63, 3.8) is 0 Å². The van der Waals surface area contributed by atoms with Gasteiger partial charge in [-0.15, -0.1) is 10.2 Å². The summed E-state index contributed by atoms with van der Waals surface area (Å²) >= 11 is 0. The van der Waals surface area contributed by atoms with Crippen LogP contribution in [0.5, 0.6) is 0 Å². The molecule has 1 atom stereocenters. The van der Waals surface area contributed by atoms with Gasteiger partial charge >= 0.3 is 0 Å². The fourth-order valence-corrected chi connectivity index (χ4v) is 3.40. The summed E-state index contributed by atoms with van der Waals surface area (Å²) in [5, 5.41) is 7.94. The van der Waals surface area contributed by atoms with Gasteiger partial charge in [0.15, 0.2) is 0 Å². The number of benzene rings is 1. The first kappa shape index (κ1) is 18.1. The highest BCUT2D eigenvalue weighted by Crippen LogP contribution is 2.22. The van der Waals surface area contributed by atoms with E-state index in [9.17, 15) is 4.79 Å². The maximum atomic E-state index is 12.5. The monoisotopic (exact) mass is 372 g/mol. The Kier molecular flexibility index (Phi) is 5.47. The molecule has 2 aromatic rings. The molecule has 1 aromatic carbocycles. The summed E-state index contributed by atoms with van der Waals surface area (Å²) < 4.78 is 16.6. The molecule has 0 aliphatic carbocycles. The predicted octanol–water partition coefficient (Wildman–Crippen LogP) is 1.42. The number of ether oxygens (including phenoxy) is 2. The summed E-state index contributed by atoms with van der Waals surface area (Å²) in [4.78, 5) is 16.7. The molecule has 1 aromatic heterocycles. The Bertz CT molecular complexity index is 770. The van der Waals surface area contributed by atoms with Gasteiger partial charge in [0.1, 0.15) is 6.10 Å². The molecule has 144 valence electrons. The fourth-order valence-electron chi connectivity index (χ4n) is 3.40. The normalized spacial score (nSPS) is 21.4. The van der Waals surface area contributed by atoms with Gasteiger partial charge < -0.3 is 18.8 Å². The van der Waals surface area contributed by atoms with Crippen molar-refractivity contribution >= 4 is 5.91 Å². The number of rotatable bonds is 4. The molecule has 0 saturated carbocycles. The van der Waals surface area contributed by atoms with Crippen molar-refractivity contribution in [2.75, 3.05) is 46.0 Å². The number of carbonyl (C=O) groups excluding carboxylic acids is 1. The Labute approximate surface area is 158 Å². The van der Waals surface area contributed by atoms with Gasteiger partial charge in [-0.1, -0.05) is 12.1 Å². The van der Waals surface area contributed by atoms with Crippen molar-refractivity contribution in [3.8, 4) is 0 Å². The van der Waals surface area contributed by atoms with Crippen molar-refractivity contribution in [1.82, 2.24) is 20.0 Å². The van der Waals surface area contributed by atoms with Crippen LogP contribution in [-0.4, -0.2) is 71.9 Å². The Morgan fingerprint density at radius 1 is 1.11 bits per heavy atom. The number of nitrogens with zero attached hydrogens (tertiary/aromatic N) is 4.